The molecular formula is C8H12N2O2. The number of anilines is 1. The van der Waals surface area contributed by atoms with Crippen molar-refractivity contribution in [1.82, 2.24) is 4.98 Å². The smallest absolute Gasteiger partial charge is 0.339 e. The van der Waals surface area contributed by atoms with Crippen LogP contribution in [-0.4, -0.2) is 16.1 Å². The number of hydrogen-bond acceptors (Lipinski definition) is 2. The van der Waals surface area contributed by atoms with Gasteiger partial charge in [-0.25, -0.2) is 4.79 Å². The molecule has 66 valence electrons. The average Bonchev–Trinajstić information content (AvgIpc) is 2.30. The zero-order chi connectivity index (χ0) is 9.30. The Morgan fingerprint density at radius 2 is 2.25 bits per heavy atom. The van der Waals surface area contributed by atoms with E-state index in [1.165, 1.54) is 0 Å². The fourth-order valence-electron chi connectivity index (χ4n) is 0.980. The molecule has 0 saturated carbocycles. The van der Waals surface area contributed by atoms with Crippen LogP contribution in [0.1, 0.15) is 35.8 Å². The molecule has 1 aromatic heterocycles. The van der Waals surface area contributed by atoms with Gasteiger partial charge >= 0.3 is 5.97 Å². The Bertz CT molecular complexity index is 302. The van der Waals surface area contributed by atoms with Gasteiger partial charge in [-0.3, -0.25) is 0 Å². The first-order chi connectivity index (χ1) is 5.52. The second-order valence-corrected chi connectivity index (χ2v) is 3.01. The van der Waals surface area contributed by atoms with Gasteiger partial charge in [-0.2, -0.15) is 0 Å². The Labute approximate surface area is 70.4 Å². The number of aromatic amines is 1. The SMILES string of the molecule is CC(C)c1cc(C(=O)O)c(N)[nH]1. The quantitative estimate of drug-likeness (QED) is 0.624. The lowest BCUT2D eigenvalue weighted by Gasteiger charge is -1.97. The van der Waals surface area contributed by atoms with Crippen molar-refractivity contribution in [3.63, 3.8) is 0 Å². The molecule has 4 N–H and O–H groups in total. The second-order valence-electron chi connectivity index (χ2n) is 3.01. The van der Waals surface area contributed by atoms with Gasteiger partial charge in [0, 0.05) is 5.69 Å². The lowest BCUT2D eigenvalue weighted by molar-refractivity contribution is 0.0698. The first-order valence-corrected chi connectivity index (χ1v) is 3.74. The molecule has 12 heavy (non-hydrogen) atoms. The Morgan fingerprint density at radius 1 is 1.67 bits per heavy atom. The van der Waals surface area contributed by atoms with E-state index >= 15 is 0 Å². The number of carbonyl (C=O) groups is 1. The number of aromatic nitrogens is 1. The van der Waals surface area contributed by atoms with Crippen molar-refractivity contribution >= 4 is 11.8 Å². The van der Waals surface area contributed by atoms with E-state index in [0.717, 1.165) is 5.69 Å². The summed E-state index contributed by atoms with van der Waals surface area (Å²) in [5, 5.41) is 8.66. The van der Waals surface area contributed by atoms with Crippen LogP contribution in [0.15, 0.2) is 6.07 Å². The maximum Gasteiger partial charge on any atom is 0.339 e. The van der Waals surface area contributed by atoms with E-state index in [1.807, 2.05) is 13.8 Å². The van der Waals surface area contributed by atoms with Crippen LogP contribution >= 0.6 is 0 Å². The third-order valence-electron chi connectivity index (χ3n) is 1.72. The summed E-state index contributed by atoms with van der Waals surface area (Å²) in [5.41, 5.74) is 6.45. The van der Waals surface area contributed by atoms with Crippen LogP contribution in [0.3, 0.4) is 0 Å². The Kier molecular flexibility index (Phi) is 2.08. The number of hydrogen-bond donors (Lipinski definition) is 3. The van der Waals surface area contributed by atoms with Crippen molar-refractivity contribution < 1.29 is 9.90 Å². The average molecular weight is 168 g/mol. The third-order valence-corrected chi connectivity index (χ3v) is 1.72. The summed E-state index contributed by atoms with van der Waals surface area (Å²) in [6, 6.07) is 1.57. The third kappa shape index (κ3) is 1.42. The highest BCUT2D eigenvalue weighted by atomic mass is 16.4. The molecule has 1 rings (SSSR count). The molecule has 0 aliphatic carbocycles. The number of nitrogens with two attached hydrogens (primary N) is 1. The van der Waals surface area contributed by atoms with Crippen LogP contribution in [0.25, 0.3) is 0 Å². The lowest BCUT2D eigenvalue weighted by atomic mass is 10.1. The number of carboxylic acids is 1. The first-order valence-electron chi connectivity index (χ1n) is 3.74. The minimum atomic E-state index is -0.990. The van der Waals surface area contributed by atoms with Crippen LogP contribution in [0.5, 0.6) is 0 Å². The highest BCUT2D eigenvalue weighted by Crippen LogP contribution is 2.19. The van der Waals surface area contributed by atoms with Crippen LogP contribution in [-0.2, 0) is 0 Å². The molecule has 0 fully saturated rings. The number of nitrogen functional groups attached to an aromatic ring is 1. The molecule has 4 heteroatoms. The Hall–Kier alpha value is -1.45. The minimum absolute atomic E-state index is 0.152. The van der Waals surface area contributed by atoms with Crippen molar-refractivity contribution in [2.45, 2.75) is 19.8 Å². The summed E-state index contributed by atoms with van der Waals surface area (Å²) in [6.07, 6.45) is 0. The molecule has 0 spiro atoms. The van der Waals surface area contributed by atoms with Gasteiger partial charge in [-0.05, 0) is 12.0 Å². The normalized spacial score (nSPS) is 10.6. The summed E-state index contributed by atoms with van der Waals surface area (Å²) in [4.78, 5) is 13.4. The predicted octanol–water partition coefficient (Wildman–Crippen LogP) is 1.42. The number of rotatable bonds is 2. The van der Waals surface area contributed by atoms with Crippen LogP contribution in [0, 0.1) is 0 Å². The van der Waals surface area contributed by atoms with Gasteiger partial charge in [-0.15, -0.1) is 0 Å². The summed E-state index contributed by atoms with van der Waals surface area (Å²) in [5.74, 6) is -0.498. The molecule has 0 aliphatic heterocycles. The minimum Gasteiger partial charge on any atom is -0.478 e. The Balaban J connectivity index is 3.09. The monoisotopic (exact) mass is 168 g/mol. The van der Waals surface area contributed by atoms with E-state index in [-0.39, 0.29) is 17.3 Å². The number of carboxylic acid groups (broad SMARTS) is 1. The molecule has 0 saturated heterocycles. The van der Waals surface area contributed by atoms with E-state index in [4.69, 9.17) is 10.8 Å². The maximum atomic E-state index is 10.6. The second kappa shape index (κ2) is 2.89. The van der Waals surface area contributed by atoms with Gasteiger partial charge in [0.05, 0.1) is 0 Å². The van der Waals surface area contributed by atoms with Gasteiger partial charge < -0.3 is 15.8 Å². The van der Waals surface area contributed by atoms with Crippen molar-refractivity contribution in [2.24, 2.45) is 0 Å². The van der Waals surface area contributed by atoms with E-state index in [0.29, 0.717) is 0 Å². The van der Waals surface area contributed by atoms with Gasteiger partial charge in [0.25, 0.3) is 0 Å². The molecule has 0 amide bonds. The number of H-pyrrole nitrogens is 1. The number of aromatic carboxylic acids is 1. The van der Waals surface area contributed by atoms with Crippen LogP contribution < -0.4 is 5.73 Å². The largest absolute Gasteiger partial charge is 0.478 e. The molecule has 0 bridgehead atoms. The van der Waals surface area contributed by atoms with Gasteiger partial charge in [0.2, 0.25) is 0 Å². The number of nitrogens with one attached hydrogen (secondary N) is 1. The summed E-state index contributed by atoms with van der Waals surface area (Å²) < 4.78 is 0. The summed E-state index contributed by atoms with van der Waals surface area (Å²) >= 11 is 0. The molecule has 0 unspecified atom stereocenters. The fourth-order valence-corrected chi connectivity index (χ4v) is 0.980. The van der Waals surface area contributed by atoms with Crippen LogP contribution in [0.2, 0.25) is 0 Å². The van der Waals surface area contributed by atoms with Gasteiger partial charge in [0.1, 0.15) is 11.4 Å². The van der Waals surface area contributed by atoms with Gasteiger partial charge in [0.15, 0.2) is 0 Å². The molecule has 0 aliphatic rings. The summed E-state index contributed by atoms with van der Waals surface area (Å²) in [6.45, 7) is 3.94. The van der Waals surface area contributed by atoms with Gasteiger partial charge in [-0.1, -0.05) is 13.8 Å². The first kappa shape index (κ1) is 8.64. The standard InChI is InChI=1S/C8H12N2O2/c1-4(2)6-3-5(8(11)12)7(9)10-6/h3-4,10H,9H2,1-2H3,(H,11,12). The highest BCUT2D eigenvalue weighted by molar-refractivity contribution is 5.93. The maximum absolute atomic E-state index is 10.6. The molecule has 0 atom stereocenters. The van der Waals surface area contributed by atoms with E-state index in [1.54, 1.807) is 6.07 Å². The topological polar surface area (TPSA) is 79.1 Å². The van der Waals surface area contributed by atoms with Crippen LogP contribution in [0.4, 0.5) is 5.82 Å². The summed E-state index contributed by atoms with van der Waals surface area (Å²) in [7, 11) is 0. The predicted molar refractivity (Wildman–Crippen MR) is 46.3 cm³/mol. The zero-order valence-electron chi connectivity index (χ0n) is 7.09. The van der Waals surface area contributed by atoms with Crippen molar-refractivity contribution in [3.8, 4) is 0 Å². The van der Waals surface area contributed by atoms with E-state index in [9.17, 15) is 4.79 Å². The lowest BCUT2D eigenvalue weighted by Crippen LogP contribution is -1.98. The Morgan fingerprint density at radius 3 is 2.50 bits per heavy atom. The van der Waals surface area contributed by atoms with E-state index < -0.39 is 5.97 Å². The van der Waals surface area contributed by atoms with Crippen molar-refractivity contribution in [3.05, 3.63) is 17.3 Å². The molecular weight excluding hydrogens is 156 g/mol. The molecule has 0 aromatic carbocycles. The van der Waals surface area contributed by atoms with E-state index in [2.05, 4.69) is 4.98 Å². The highest BCUT2D eigenvalue weighted by Gasteiger charge is 2.12. The van der Waals surface area contributed by atoms with Crippen molar-refractivity contribution in [1.29, 1.82) is 0 Å². The molecule has 4 nitrogen and oxygen atoms in total. The molecule has 1 heterocycles. The zero-order valence-corrected chi connectivity index (χ0v) is 7.09. The molecule has 0 radical (unpaired) electrons. The fraction of sp³-hybridized carbons (Fsp3) is 0.375. The van der Waals surface area contributed by atoms with Crippen molar-refractivity contribution in [2.75, 3.05) is 5.73 Å². The molecule has 1 aromatic rings.